The SMILES string of the molecule is CC(C)CNS(=O)(=O)c1ccc(N2CCCCC2=O)cc1. The second kappa shape index (κ2) is 6.58. The van der Waals surface area contributed by atoms with Crippen LogP contribution in [0.4, 0.5) is 5.69 Å². The lowest BCUT2D eigenvalue weighted by Gasteiger charge is -2.26. The molecule has 0 aromatic heterocycles. The Morgan fingerprint density at radius 3 is 2.43 bits per heavy atom. The van der Waals surface area contributed by atoms with Crippen molar-refractivity contribution >= 4 is 21.6 Å². The molecule has 1 fully saturated rings. The summed E-state index contributed by atoms with van der Waals surface area (Å²) in [5.41, 5.74) is 0.766. The fourth-order valence-electron chi connectivity index (χ4n) is 2.24. The molecule has 1 amide bonds. The largest absolute Gasteiger partial charge is 0.312 e. The van der Waals surface area contributed by atoms with Gasteiger partial charge in [-0.3, -0.25) is 4.79 Å². The molecule has 1 aliphatic heterocycles. The Morgan fingerprint density at radius 1 is 1.19 bits per heavy atom. The number of hydrogen-bond donors (Lipinski definition) is 1. The number of nitrogens with zero attached hydrogens (tertiary/aromatic N) is 1. The van der Waals surface area contributed by atoms with Crippen LogP contribution in [0.15, 0.2) is 29.2 Å². The van der Waals surface area contributed by atoms with Crippen LogP contribution in [-0.4, -0.2) is 27.4 Å². The lowest BCUT2D eigenvalue weighted by atomic mass is 10.1. The van der Waals surface area contributed by atoms with Crippen LogP contribution in [0.25, 0.3) is 0 Å². The number of rotatable bonds is 5. The van der Waals surface area contributed by atoms with Gasteiger partial charge in [0.25, 0.3) is 0 Å². The summed E-state index contributed by atoms with van der Waals surface area (Å²) in [4.78, 5) is 13.8. The van der Waals surface area contributed by atoms with Crippen molar-refractivity contribution in [2.75, 3.05) is 18.0 Å². The van der Waals surface area contributed by atoms with Crippen LogP contribution in [0, 0.1) is 5.92 Å². The molecule has 1 aromatic carbocycles. The Labute approximate surface area is 126 Å². The molecule has 116 valence electrons. The fraction of sp³-hybridized carbons (Fsp3) is 0.533. The molecule has 0 unspecified atom stereocenters. The zero-order valence-electron chi connectivity index (χ0n) is 12.5. The first kappa shape index (κ1) is 16.0. The molecule has 1 heterocycles. The summed E-state index contributed by atoms with van der Waals surface area (Å²) in [6, 6.07) is 6.51. The van der Waals surface area contributed by atoms with Crippen molar-refractivity contribution in [3.63, 3.8) is 0 Å². The average molecular weight is 310 g/mol. The van der Waals surface area contributed by atoms with Gasteiger partial charge in [0.05, 0.1) is 4.90 Å². The summed E-state index contributed by atoms with van der Waals surface area (Å²) >= 11 is 0. The van der Waals surface area contributed by atoms with Crippen molar-refractivity contribution in [1.29, 1.82) is 0 Å². The second-order valence-electron chi connectivity index (χ2n) is 5.74. The zero-order chi connectivity index (χ0) is 15.5. The minimum Gasteiger partial charge on any atom is -0.312 e. The second-order valence-corrected chi connectivity index (χ2v) is 7.51. The predicted octanol–water partition coefficient (Wildman–Crippen LogP) is 2.14. The first-order valence-corrected chi connectivity index (χ1v) is 8.78. The third-order valence-corrected chi connectivity index (χ3v) is 4.90. The van der Waals surface area contributed by atoms with E-state index in [1.807, 2.05) is 13.8 Å². The highest BCUT2D eigenvalue weighted by atomic mass is 32.2. The summed E-state index contributed by atoms with van der Waals surface area (Å²) in [6.07, 6.45) is 2.48. The van der Waals surface area contributed by atoms with Gasteiger partial charge in [-0.1, -0.05) is 13.8 Å². The Morgan fingerprint density at radius 2 is 1.86 bits per heavy atom. The molecule has 21 heavy (non-hydrogen) atoms. The number of nitrogens with one attached hydrogen (secondary N) is 1. The van der Waals surface area contributed by atoms with Crippen molar-refractivity contribution < 1.29 is 13.2 Å². The van der Waals surface area contributed by atoms with Crippen LogP contribution in [0.3, 0.4) is 0 Å². The van der Waals surface area contributed by atoms with Crippen LogP contribution in [0.1, 0.15) is 33.1 Å². The summed E-state index contributed by atoms with van der Waals surface area (Å²) in [5, 5.41) is 0. The average Bonchev–Trinajstić information content (AvgIpc) is 2.46. The number of amides is 1. The van der Waals surface area contributed by atoms with E-state index in [-0.39, 0.29) is 16.7 Å². The maximum Gasteiger partial charge on any atom is 0.240 e. The molecule has 6 heteroatoms. The van der Waals surface area contributed by atoms with Gasteiger partial charge in [0.1, 0.15) is 0 Å². The van der Waals surface area contributed by atoms with Crippen molar-refractivity contribution in [3.8, 4) is 0 Å². The maximum atomic E-state index is 12.1. The number of anilines is 1. The van der Waals surface area contributed by atoms with E-state index < -0.39 is 10.0 Å². The molecule has 1 aromatic rings. The van der Waals surface area contributed by atoms with Gasteiger partial charge in [0, 0.05) is 25.2 Å². The number of carbonyl (C=O) groups excluding carboxylic acids is 1. The van der Waals surface area contributed by atoms with E-state index in [0.29, 0.717) is 19.5 Å². The summed E-state index contributed by atoms with van der Waals surface area (Å²) in [7, 11) is -3.47. The van der Waals surface area contributed by atoms with Gasteiger partial charge in [-0.2, -0.15) is 0 Å². The minimum absolute atomic E-state index is 0.106. The predicted molar refractivity (Wildman–Crippen MR) is 82.7 cm³/mol. The summed E-state index contributed by atoms with van der Waals surface area (Å²) in [5.74, 6) is 0.361. The van der Waals surface area contributed by atoms with Gasteiger partial charge in [-0.05, 0) is 43.0 Å². The number of carbonyl (C=O) groups is 1. The van der Waals surface area contributed by atoms with E-state index >= 15 is 0 Å². The normalized spacial score (nSPS) is 16.5. The van der Waals surface area contributed by atoms with Crippen LogP contribution in [0.2, 0.25) is 0 Å². The molecular weight excluding hydrogens is 288 g/mol. The van der Waals surface area contributed by atoms with Gasteiger partial charge < -0.3 is 4.90 Å². The summed E-state index contributed by atoms with van der Waals surface area (Å²) in [6.45, 7) is 5.02. The monoisotopic (exact) mass is 310 g/mol. The molecule has 2 rings (SSSR count). The van der Waals surface area contributed by atoms with Crippen molar-refractivity contribution in [2.24, 2.45) is 5.92 Å². The smallest absolute Gasteiger partial charge is 0.240 e. The third-order valence-electron chi connectivity index (χ3n) is 3.46. The first-order valence-electron chi connectivity index (χ1n) is 7.30. The fourth-order valence-corrected chi connectivity index (χ4v) is 3.46. The standard InChI is InChI=1S/C15H22N2O3S/c1-12(2)11-16-21(19,20)14-8-6-13(7-9-14)17-10-4-3-5-15(17)18/h6-9,12,16H,3-5,10-11H2,1-2H3. The van der Waals surface area contributed by atoms with Crippen molar-refractivity contribution in [1.82, 2.24) is 4.72 Å². The van der Waals surface area contributed by atoms with Crippen LogP contribution < -0.4 is 9.62 Å². The Hall–Kier alpha value is -1.40. The summed E-state index contributed by atoms with van der Waals surface area (Å²) < 4.78 is 26.8. The maximum absolute atomic E-state index is 12.1. The Balaban J connectivity index is 2.13. The highest BCUT2D eigenvalue weighted by Crippen LogP contribution is 2.22. The van der Waals surface area contributed by atoms with Crippen molar-refractivity contribution in [2.45, 2.75) is 38.0 Å². The van der Waals surface area contributed by atoms with Gasteiger partial charge in [0.15, 0.2) is 0 Å². The molecule has 1 saturated heterocycles. The van der Waals surface area contributed by atoms with E-state index in [9.17, 15) is 13.2 Å². The molecule has 0 atom stereocenters. The molecule has 0 spiro atoms. The highest BCUT2D eigenvalue weighted by molar-refractivity contribution is 7.89. The molecule has 1 N–H and O–H groups in total. The van der Waals surface area contributed by atoms with Crippen molar-refractivity contribution in [3.05, 3.63) is 24.3 Å². The molecule has 0 aliphatic carbocycles. The van der Waals surface area contributed by atoms with Gasteiger partial charge >= 0.3 is 0 Å². The number of benzene rings is 1. The van der Waals surface area contributed by atoms with Gasteiger partial charge in [-0.15, -0.1) is 0 Å². The van der Waals surface area contributed by atoms with E-state index in [1.54, 1.807) is 29.2 Å². The van der Waals surface area contributed by atoms with E-state index in [2.05, 4.69) is 4.72 Å². The molecule has 1 aliphatic rings. The minimum atomic E-state index is -3.47. The number of piperidine rings is 1. The van der Waals surface area contributed by atoms with Crippen LogP contribution in [0.5, 0.6) is 0 Å². The zero-order valence-corrected chi connectivity index (χ0v) is 13.3. The van der Waals surface area contributed by atoms with E-state index in [4.69, 9.17) is 0 Å². The quantitative estimate of drug-likeness (QED) is 0.906. The van der Waals surface area contributed by atoms with E-state index in [0.717, 1.165) is 18.5 Å². The lowest BCUT2D eigenvalue weighted by Crippen LogP contribution is -2.35. The van der Waals surface area contributed by atoms with Crippen LogP contribution >= 0.6 is 0 Å². The number of hydrogen-bond acceptors (Lipinski definition) is 3. The van der Waals surface area contributed by atoms with Gasteiger partial charge in [0.2, 0.25) is 15.9 Å². The van der Waals surface area contributed by atoms with Crippen LogP contribution in [-0.2, 0) is 14.8 Å². The Bertz CT molecular complexity index is 594. The lowest BCUT2D eigenvalue weighted by molar-refractivity contribution is -0.119. The highest BCUT2D eigenvalue weighted by Gasteiger charge is 2.20. The van der Waals surface area contributed by atoms with Gasteiger partial charge in [-0.25, -0.2) is 13.1 Å². The molecule has 5 nitrogen and oxygen atoms in total. The molecule has 0 saturated carbocycles. The third kappa shape index (κ3) is 4.04. The molecular formula is C15H22N2O3S. The first-order chi connectivity index (χ1) is 9.90. The molecule has 0 bridgehead atoms. The van der Waals surface area contributed by atoms with E-state index in [1.165, 1.54) is 0 Å². The molecule has 0 radical (unpaired) electrons. The Kier molecular flexibility index (Phi) is 5.00. The number of sulfonamides is 1. The topological polar surface area (TPSA) is 66.5 Å².